The molecule has 1 aromatic rings. The number of aliphatic hydroxyl groups excluding tert-OH is 2. The van der Waals surface area contributed by atoms with E-state index in [9.17, 15) is 28.2 Å². The van der Waals surface area contributed by atoms with Gasteiger partial charge in [-0.15, -0.1) is 0 Å². The summed E-state index contributed by atoms with van der Waals surface area (Å²) in [6.45, 7) is 0.431. The van der Waals surface area contributed by atoms with Gasteiger partial charge in [0.1, 0.15) is 18.3 Å². The molecule has 1 aliphatic rings. The van der Waals surface area contributed by atoms with E-state index in [1.807, 2.05) is 0 Å². The van der Waals surface area contributed by atoms with Crippen LogP contribution in [-0.4, -0.2) is 70.0 Å². The van der Waals surface area contributed by atoms with E-state index in [0.717, 1.165) is 4.57 Å². The van der Waals surface area contributed by atoms with Crippen LogP contribution in [0.4, 0.5) is 0 Å². The lowest BCUT2D eigenvalue weighted by molar-refractivity contribution is -0.0715. The number of nitrogens with one attached hydrogen (secondary N) is 1. The molecule has 12 heteroatoms. The zero-order chi connectivity index (χ0) is 18.1. The Morgan fingerprint density at radius 2 is 2.08 bits per heavy atom. The van der Waals surface area contributed by atoms with E-state index in [1.54, 1.807) is 0 Å². The van der Waals surface area contributed by atoms with Crippen LogP contribution in [0.25, 0.3) is 0 Å². The van der Waals surface area contributed by atoms with E-state index in [1.165, 1.54) is 13.1 Å². The Labute approximate surface area is 136 Å². The molecule has 1 aliphatic heterocycles. The van der Waals surface area contributed by atoms with Crippen molar-refractivity contribution in [1.29, 1.82) is 0 Å². The van der Waals surface area contributed by atoms with E-state index in [0.29, 0.717) is 0 Å². The quantitative estimate of drug-likeness (QED) is 0.393. The van der Waals surface area contributed by atoms with Crippen LogP contribution in [0.1, 0.15) is 11.8 Å². The van der Waals surface area contributed by atoms with Gasteiger partial charge in [0.15, 0.2) is 6.23 Å². The minimum Gasteiger partial charge on any atom is -0.394 e. The first kappa shape index (κ1) is 18.8. The number of nitrogens with zero attached hydrogens (tertiary/aromatic N) is 1. The van der Waals surface area contributed by atoms with Crippen molar-refractivity contribution in [2.45, 2.75) is 31.5 Å². The Bertz CT molecular complexity index is 799. The number of aryl methyl sites for hydroxylation is 1. The first-order valence-electron chi connectivity index (χ1n) is 6.97. The highest BCUT2D eigenvalue weighted by atomic mass is 32.2. The second-order valence-electron chi connectivity index (χ2n) is 5.34. The summed E-state index contributed by atoms with van der Waals surface area (Å²) in [5, 5.41) is 19.3. The lowest BCUT2D eigenvalue weighted by Gasteiger charge is -2.22. The SMILES string of the molecule is Cc1cn([C@H]2O[C@@H](CO)C(O)C2OCCS(=O)(=O)O)c(=O)[nH]c1=O. The second kappa shape index (κ2) is 7.13. The molecule has 0 saturated carbocycles. The lowest BCUT2D eigenvalue weighted by Crippen LogP contribution is -2.40. The van der Waals surface area contributed by atoms with Gasteiger partial charge in [0, 0.05) is 11.8 Å². The Kier molecular flexibility index (Phi) is 5.57. The van der Waals surface area contributed by atoms with Crippen LogP contribution in [0.15, 0.2) is 15.8 Å². The van der Waals surface area contributed by atoms with E-state index >= 15 is 0 Å². The summed E-state index contributed by atoms with van der Waals surface area (Å²) in [6, 6.07) is 0. The van der Waals surface area contributed by atoms with E-state index in [4.69, 9.17) is 14.0 Å². The Balaban J connectivity index is 2.30. The highest BCUT2D eigenvalue weighted by Gasteiger charge is 2.45. The molecule has 2 heterocycles. The van der Waals surface area contributed by atoms with Crippen molar-refractivity contribution in [1.82, 2.24) is 9.55 Å². The first-order chi connectivity index (χ1) is 11.1. The largest absolute Gasteiger partial charge is 0.394 e. The van der Waals surface area contributed by atoms with Gasteiger partial charge in [-0.05, 0) is 6.92 Å². The van der Waals surface area contributed by atoms with Crippen molar-refractivity contribution in [3.63, 3.8) is 0 Å². The molecule has 1 saturated heterocycles. The van der Waals surface area contributed by atoms with Gasteiger partial charge in [-0.1, -0.05) is 0 Å². The molecule has 24 heavy (non-hydrogen) atoms. The minimum atomic E-state index is -4.27. The highest BCUT2D eigenvalue weighted by molar-refractivity contribution is 7.85. The fourth-order valence-corrected chi connectivity index (χ4v) is 2.64. The van der Waals surface area contributed by atoms with Crippen LogP contribution >= 0.6 is 0 Å². The summed E-state index contributed by atoms with van der Waals surface area (Å²) in [4.78, 5) is 25.5. The van der Waals surface area contributed by atoms with Crippen LogP contribution in [0.2, 0.25) is 0 Å². The predicted octanol–water partition coefficient (Wildman–Crippen LogP) is -2.63. The van der Waals surface area contributed by atoms with E-state index in [2.05, 4.69) is 4.98 Å². The first-order valence-corrected chi connectivity index (χ1v) is 8.58. The number of H-pyrrole nitrogens is 1. The normalized spacial score (nSPS) is 27.5. The molecule has 0 amide bonds. The third kappa shape index (κ3) is 4.09. The monoisotopic (exact) mass is 366 g/mol. The second-order valence-corrected chi connectivity index (χ2v) is 6.91. The fourth-order valence-electron chi connectivity index (χ4n) is 2.34. The molecule has 4 atom stereocenters. The van der Waals surface area contributed by atoms with Gasteiger partial charge in [0.25, 0.3) is 15.7 Å². The lowest BCUT2D eigenvalue weighted by atomic mass is 10.1. The summed E-state index contributed by atoms with van der Waals surface area (Å²) in [5.74, 6) is -0.716. The standard InChI is InChI=1S/C12H18N2O9S/c1-6-4-14(12(18)13-10(6)17)11-9(8(16)7(5-15)23-11)22-2-3-24(19,20)21/h4,7-9,11,15-16H,2-3,5H2,1H3,(H,13,17,18)(H,19,20,21)/t7-,8?,9?,11-/m0/s1. The zero-order valence-corrected chi connectivity index (χ0v) is 13.5. The maximum Gasteiger partial charge on any atom is 0.330 e. The average molecular weight is 366 g/mol. The summed E-state index contributed by atoms with van der Waals surface area (Å²) >= 11 is 0. The van der Waals surface area contributed by atoms with Crippen LogP contribution in [0.5, 0.6) is 0 Å². The fraction of sp³-hybridized carbons (Fsp3) is 0.667. The van der Waals surface area contributed by atoms with Crippen molar-refractivity contribution in [3.8, 4) is 0 Å². The van der Waals surface area contributed by atoms with Crippen molar-refractivity contribution >= 4 is 10.1 Å². The van der Waals surface area contributed by atoms with Crippen molar-refractivity contribution in [2.24, 2.45) is 0 Å². The molecule has 136 valence electrons. The molecular weight excluding hydrogens is 348 g/mol. The van der Waals surface area contributed by atoms with Gasteiger partial charge in [-0.3, -0.25) is 18.9 Å². The molecule has 2 unspecified atom stereocenters. The Morgan fingerprint density at radius 1 is 1.42 bits per heavy atom. The highest BCUT2D eigenvalue weighted by Crippen LogP contribution is 2.30. The summed E-state index contributed by atoms with van der Waals surface area (Å²) < 4.78 is 41.8. The van der Waals surface area contributed by atoms with E-state index in [-0.39, 0.29) is 5.56 Å². The third-order valence-electron chi connectivity index (χ3n) is 3.56. The third-order valence-corrected chi connectivity index (χ3v) is 4.25. The van der Waals surface area contributed by atoms with Crippen molar-refractivity contribution < 1.29 is 32.7 Å². The van der Waals surface area contributed by atoms with Gasteiger partial charge in [-0.2, -0.15) is 8.42 Å². The number of aromatic amines is 1. The number of hydrogen-bond donors (Lipinski definition) is 4. The number of rotatable bonds is 6. The molecular formula is C12H18N2O9S. The van der Waals surface area contributed by atoms with Crippen LogP contribution in [-0.2, 0) is 19.6 Å². The van der Waals surface area contributed by atoms with Crippen LogP contribution < -0.4 is 11.2 Å². The topological polar surface area (TPSA) is 168 Å². The molecule has 2 rings (SSSR count). The molecule has 0 aliphatic carbocycles. The van der Waals surface area contributed by atoms with Gasteiger partial charge < -0.3 is 19.7 Å². The zero-order valence-electron chi connectivity index (χ0n) is 12.7. The molecule has 0 spiro atoms. The molecule has 0 bridgehead atoms. The van der Waals surface area contributed by atoms with Crippen molar-refractivity contribution in [2.75, 3.05) is 19.0 Å². The minimum absolute atomic E-state index is 0.205. The Morgan fingerprint density at radius 3 is 2.67 bits per heavy atom. The van der Waals surface area contributed by atoms with Crippen LogP contribution in [0, 0.1) is 6.92 Å². The average Bonchev–Trinajstić information content (AvgIpc) is 2.78. The Hall–Kier alpha value is -1.57. The number of aromatic nitrogens is 2. The van der Waals surface area contributed by atoms with Crippen molar-refractivity contribution in [3.05, 3.63) is 32.6 Å². The molecule has 11 nitrogen and oxygen atoms in total. The molecule has 0 aromatic carbocycles. The summed E-state index contributed by atoms with van der Waals surface area (Å²) in [7, 11) is -4.27. The van der Waals surface area contributed by atoms with Crippen LogP contribution in [0.3, 0.4) is 0 Å². The van der Waals surface area contributed by atoms with E-state index < -0.39 is 64.9 Å². The van der Waals surface area contributed by atoms with Gasteiger partial charge in [-0.25, -0.2) is 4.79 Å². The maximum absolute atomic E-state index is 12.0. The van der Waals surface area contributed by atoms with Gasteiger partial charge in [0.05, 0.1) is 19.0 Å². The van der Waals surface area contributed by atoms with Gasteiger partial charge >= 0.3 is 5.69 Å². The molecule has 4 N–H and O–H groups in total. The summed E-state index contributed by atoms with van der Waals surface area (Å²) in [5.41, 5.74) is -1.20. The van der Waals surface area contributed by atoms with Gasteiger partial charge in [0.2, 0.25) is 0 Å². The number of aliphatic hydroxyl groups is 2. The molecule has 0 radical (unpaired) electrons. The molecule has 1 aromatic heterocycles. The predicted molar refractivity (Wildman–Crippen MR) is 79.2 cm³/mol. The number of hydrogen-bond acceptors (Lipinski definition) is 8. The smallest absolute Gasteiger partial charge is 0.330 e. The number of ether oxygens (including phenoxy) is 2. The molecule has 1 fully saturated rings. The maximum atomic E-state index is 12.0. The summed E-state index contributed by atoms with van der Waals surface area (Å²) in [6.07, 6.45) is -3.59.